The summed E-state index contributed by atoms with van der Waals surface area (Å²) in [6.45, 7) is 3.81. The van der Waals surface area contributed by atoms with Crippen LogP contribution in [0.1, 0.15) is 21.1 Å². The third kappa shape index (κ3) is 2.73. The number of nitrogens with one attached hydrogen (secondary N) is 1. The first-order chi connectivity index (χ1) is 8.08. The minimum atomic E-state index is -0.111. The van der Waals surface area contributed by atoms with Crippen LogP contribution in [-0.4, -0.2) is 10.9 Å². The number of thiophene rings is 1. The zero-order chi connectivity index (χ0) is 12.4. The molecule has 2 aromatic heterocycles. The van der Waals surface area contributed by atoms with Crippen molar-refractivity contribution in [2.75, 3.05) is 5.32 Å². The first kappa shape index (κ1) is 12.3. The summed E-state index contributed by atoms with van der Waals surface area (Å²) in [7, 11) is 0. The Labute approximate surface area is 112 Å². The number of rotatable bonds is 2. The Morgan fingerprint density at radius 1 is 1.35 bits per heavy atom. The van der Waals surface area contributed by atoms with Crippen LogP contribution < -0.4 is 5.32 Å². The van der Waals surface area contributed by atoms with Gasteiger partial charge in [0.25, 0.3) is 5.91 Å². The third-order valence-electron chi connectivity index (χ3n) is 2.30. The lowest BCUT2D eigenvalue weighted by Gasteiger charge is -2.07. The Bertz CT molecular complexity index is 565. The predicted octanol–water partition coefficient (Wildman–Crippen LogP) is 3.77. The number of halogens is 1. The van der Waals surface area contributed by atoms with Crippen molar-refractivity contribution < 1.29 is 4.79 Å². The van der Waals surface area contributed by atoms with Crippen LogP contribution in [0.15, 0.2) is 28.1 Å². The normalized spacial score (nSPS) is 10.3. The smallest absolute Gasteiger partial charge is 0.266 e. The summed E-state index contributed by atoms with van der Waals surface area (Å²) in [6, 6.07) is 5.61. The van der Waals surface area contributed by atoms with Gasteiger partial charge in [0.2, 0.25) is 0 Å². The van der Waals surface area contributed by atoms with E-state index in [1.807, 2.05) is 37.4 Å². The number of amides is 1. The second kappa shape index (κ2) is 4.98. The highest BCUT2D eigenvalue weighted by atomic mass is 79.9. The Kier molecular flexibility index (Phi) is 3.59. The van der Waals surface area contributed by atoms with Gasteiger partial charge in [-0.25, -0.2) is 0 Å². The molecule has 0 spiro atoms. The van der Waals surface area contributed by atoms with Crippen LogP contribution in [0.25, 0.3) is 0 Å². The molecule has 3 nitrogen and oxygen atoms in total. The fourth-order valence-corrected chi connectivity index (χ4v) is 2.90. The van der Waals surface area contributed by atoms with Crippen LogP contribution in [0.3, 0.4) is 0 Å². The predicted molar refractivity (Wildman–Crippen MR) is 73.7 cm³/mol. The topological polar surface area (TPSA) is 42.0 Å². The van der Waals surface area contributed by atoms with E-state index in [1.54, 1.807) is 0 Å². The van der Waals surface area contributed by atoms with Gasteiger partial charge in [0, 0.05) is 10.2 Å². The largest absolute Gasteiger partial charge is 0.320 e. The van der Waals surface area contributed by atoms with Gasteiger partial charge in [-0.2, -0.15) is 0 Å². The molecule has 0 aliphatic heterocycles. The van der Waals surface area contributed by atoms with Crippen LogP contribution in [0, 0.1) is 13.8 Å². The number of nitrogens with zero attached hydrogens (tertiary/aromatic N) is 1. The zero-order valence-electron chi connectivity index (χ0n) is 9.45. The number of hydrogen-bond donors (Lipinski definition) is 1. The van der Waals surface area contributed by atoms with E-state index in [0.717, 1.165) is 21.5 Å². The van der Waals surface area contributed by atoms with E-state index in [2.05, 4.69) is 26.2 Å². The van der Waals surface area contributed by atoms with E-state index in [0.29, 0.717) is 4.88 Å². The SMILES string of the molecule is Cc1ccc(NC(=O)c2sccc2Br)c(C)n1. The average molecular weight is 311 g/mol. The minimum absolute atomic E-state index is 0.111. The molecule has 0 aliphatic rings. The van der Waals surface area contributed by atoms with E-state index in [1.165, 1.54) is 11.3 Å². The molecular formula is C12H11BrN2OS. The Morgan fingerprint density at radius 2 is 2.12 bits per heavy atom. The van der Waals surface area contributed by atoms with Crippen LogP contribution in [0.5, 0.6) is 0 Å². The summed E-state index contributed by atoms with van der Waals surface area (Å²) in [4.78, 5) is 17.0. The molecule has 0 radical (unpaired) electrons. The lowest BCUT2D eigenvalue weighted by molar-refractivity contribution is 0.103. The fraction of sp³-hybridized carbons (Fsp3) is 0.167. The van der Waals surface area contributed by atoms with E-state index < -0.39 is 0 Å². The molecule has 88 valence electrons. The average Bonchev–Trinajstić information content (AvgIpc) is 2.68. The van der Waals surface area contributed by atoms with Crippen LogP contribution in [0.4, 0.5) is 5.69 Å². The lowest BCUT2D eigenvalue weighted by Crippen LogP contribution is -2.12. The molecule has 0 atom stereocenters. The van der Waals surface area contributed by atoms with Gasteiger partial charge in [0.05, 0.1) is 11.4 Å². The van der Waals surface area contributed by atoms with Crippen molar-refractivity contribution in [2.45, 2.75) is 13.8 Å². The first-order valence-corrected chi connectivity index (χ1v) is 6.74. The van der Waals surface area contributed by atoms with Gasteiger partial charge in [-0.05, 0) is 53.4 Å². The summed E-state index contributed by atoms with van der Waals surface area (Å²) in [5.41, 5.74) is 2.52. The van der Waals surface area contributed by atoms with Crippen LogP contribution in [-0.2, 0) is 0 Å². The first-order valence-electron chi connectivity index (χ1n) is 5.06. The molecule has 17 heavy (non-hydrogen) atoms. The molecule has 0 fully saturated rings. The van der Waals surface area contributed by atoms with Gasteiger partial charge in [0.15, 0.2) is 0 Å². The second-order valence-electron chi connectivity index (χ2n) is 3.64. The number of carbonyl (C=O) groups is 1. The summed E-state index contributed by atoms with van der Waals surface area (Å²) < 4.78 is 0.817. The summed E-state index contributed by atoms with van der Waals surface area (Å²) >= 11 is 4.75. The number of hydrogen-bond acceptors (Lipinski definition) is 3. The molecule has 1 amide bonds. The van der Waals surface area contributed by atoms with Gasteiger partial charge in [-0.15, -0.1) is 11.3 Å². The van der Waals surface area contributed by atoms with Gasteiger partial charge in [-0.1, -0.05) is 0 Å². The molecule has 2 heterocycles. The maximum absolute atomic E-state index is 12.0. The van der Waals surface area contributed by atoms with Gasteiger partial charge in [-0.3, -0.25) is 9.78 Å². The van der Waals surface area contributed by atoms with Crippen molar-refractivity contribution in [3.63, 3.8) is 0 Å². The van der Waals surface area contributed by atoms with Crippen LogP contribution in [0.2, 0.25) is 0 Å². The van der Waals surface area contributed by atoms with Gasteiger partial charge in [0.1, 0.15) is 4.88 Å². The number of carbonyl (C=O) groups excluding carboxylic acids is 1. The summed E-state index contributed by atoms with van der Waals surface area (Å²) in [6.07, 6.45) is 0. The van der Waals surface area contributed by atoms with Gasteiger partial charge < -0.3 is 5.32 Å². The molecule has 5 heteroatoms. The fourth-order valence-electron chi connectivity index (χ4n) is 1.45. The molecule has 2 rings (SSSR count). The van der Waals surface area contributed by atoms with E-state index in [4.69, 9.17) is 0 Å². The standard InChI is InChI=1S/C12H11BrN2OS/c1-7-3-4-10(8(2)14-7)15-12(16)11-9(13)5-6-17-11/h3-6H,1-2H3,(H,15,16). The molecule has 0 aliphatic carbocycles. The Balaban J connectivity index is 2.22. The number of aryl methyl sites for hydroxylation is 2. The second-order valence-corrected chi connectivity index (χ2v) is 5.41. The highest BCUT2D eigenvalue weighted by Crippen LogP contribution is 2.24. The van der Waals surface area contributed by atoms with Crippen molar-refractivity contribution in [1.82, 2.24) is 4.98 Å². The Morgan fingerprint density at radius 3 is 2.71 bits per heavy atom. The molecule has 0 unspecified atom stereocenters. The van der Waals surface area contributed by atoms with Crippen LogP contribution >= 0.6 is 27.3 Å². The molecule has 0 bridgehead atoms. The zero-order valence-corrected chi connectivity index (χ0v) is 11.9. The van der Waals surface area contributed by atoms with E-state index in [-0.39, 0.29) is 5.91 Å². The molecule has 1 N–H and O–H groups in total. The monoisotopic (exact) mass is 310 g/mol. The van der Waals surface area contributed by atoms with Gasteiger partial charge >= 0.3 is 0 Å². The van der Waals surface area contributed by atoms with Crippen molar-refractivity contribution >= 4 is 38.9 Å². The number of pyridine rings is 1. The number of aromatic nitrogens is 1. The number of anilines is 1. The highest BCUT2D eigenvalue weighted by molar-refractivity contribution is 9.10. The summed E-state index contributed by atoms with van der Waals surface area (Å²) in [5, 5.41) is 4.73. The molecular weight excluding hydrogens is 300 g/mol. The quantitative estimate of drug-likeness (QED) is 0.917. The van der Waals surface area contributed by atoms with Crippen molar-refractivity contribution in [2.24, 2.45) is 0 Å². The van der Waals surface area contributed by atoms with Crippen molar-refractivity contribution in [1.29, 1.82) is 0 Å². The molecule has 0 saturated heterocycles. The molecule has 2 aromatic rings. The van der Waals surface area contributed by atoms with Crippen molar-refractivity contribution in [3.8, 4) is 0 Å². The van der Waals surface area contributed by atoms with E-state index >= 15 is 0 Å². The maximum atomic E-state index is 12.0. The molecule has 0 aromatic carbocycles. The minimum Gasteiger partial charge on any atom is -0.320 e. The van der Waals surface area contributed by atoms with E-state index in [9.17, 15) is 4.79 Å². The third-order valence-corrected chi connectivity index (χ3v) is 4.13. The highest BCUT2D eigenvalue weighted by Gasteiger charge is 2.12. The lowest BCUT2D eigenvalue weighted by atomic mass is 10.2. The van der Waals surface area contributed by atoms with Crippen molar-refractivity contribution in [3.05, 3.63) is 44.3 Å². The summed E-state index contributed by atoms with van der Waals surface area (Å²) in [5.74, 6) is -0.111. The maximum Gasteiger partial charge on any atom is 0.266 e. The Hall–Kier alpha value is -1.20. The molecule has 0 saturated carbocycles.